The van der Waals surface area contributed by atoms with Crippen molar-refractivity contribution in [3.8, 4) is 5.75 Å². The number of carbonyl (C=O) groups excluding carboxylic acids is 1. The Kier molecular flexibility index (Phi) is 5.44. The Labute approximate surface area is 127 Å². The van der Waals surface area contributed by atoms with Crippen molar-refractivity contribution in [2.45, 2.75) is 30.9 Å². The Hall–Kier alpha value is -1.76. The van der Waals surface area contributed by atoms with Crippen LogP contribution < -0.4 is 10.1 Å². The average molecular weight is 310 g/mol. The molecule has 1 aliphatic rings. The summed E-state index contributed by atoms with van der Waals surface area (Å²) >= 11 is 1.67. The van der Waals surface area contributed by atoms with Gasteiger partial charge in [0.25, 0.3) is 5.69 Å². The van der Waals surface area contributed by atoms with Crippen LogP contribution in [0.25, 0.3) is 0 Å². The third-order valence-electron chi connectivity index (χ3n) is 3.42. The van der Waals surface area contributed by atoms with E-state index in [0.29, 0.717) is 22.4 Å². The van der Waals surface area contributed by atoms with Crippen LogP contribution >= 0.6 is 11.8 Å². The number of benzene rings is 1. The molecule has 1 fully saturated rings. The largest absolute Gasteiger partial charge is 0.494 e. The molecule has 1 aromatic carbocycles. The Balaban J connectivity index is 1.94. The molecule has 0 bridgehead atoms. The molecule has 6 nitrogen and oxygen atoms in total. The fourth-order valence-electron chi connectivity index (χ4n) is 2.33. The second-order valence-corrected chi connectivity index (χ2v) is 6.20. The third-order valence-corrected chi connectivity index (χ3v) is 4.79. The predicted octanol–water partition coefficient (Wildman–Crippen LogP) is 3.22. The third kappa shape index (κ3) is 4.35. The van der Waals surface area contributed by atoms with Crippen LogP contribution in [0.15, 0.2) is 18.2 Å². The zero-order valence-electron chi connectivity index (χ0n) is 11.8. The molecule has 2 rings (SSSR count). The Morgan fingerprint density at radius 3 is 2.81 bits per heavy atom. The second kappa shape index (κ2) is 7.31. The summed E-state index contributed by atoms with van der Waals surface area (Å²) in [7, 11) is 1.42. The summed E-state index contributed by atoms with van der Waals surface area (Å²) in [6.45, 7) is 0. The number of thioether (sulfide) groups is 1. The van der Waals surface area contributed by atoms with E-state index in [4.69, 9.17) is 4.74 Å². The molecule has 0 saturated heterocycles. The summed E-state index contributed by atoms with van der Waals surface area (Å²) in [4.78, 5) is 22.2. The molecule has 21 heavy (non-hydrogen) atoms. The number of methoxy groups -OCH3 is 1. The zero-order valence-corrected chi connectivity index (χ0v) is 12.6. The fraction of sp³-hybridized carbons (Fsp3) is 0.500. The number of carbonyl (C=O) groups is 1. The summed E-state index contributed by atoms with van der Waals surface area (Å²) in [5.74, 6) is 0.577. The topological polar surface area (TPSA) is 81.5 Å². The van der Waals surface area contributed by atoms with Gasteiger partial charge in [-0.25, -0.2) is 0 Å². The van der Waals surface area contributed by atoms with E-state index in [9.17, 15) is 14.9 Å². The van der Waals surface area contributed by atoms with Crippen LogP contribution in [-0.4, -0.2) is 28.9 Å². The minimum Gasteiger partial charge on any atom is -0.494 e. The van der Waals surface area contributed by atoms with Gasteiger partial charge in [0.15, 0.2) is 0 Å². The number of amides is 1. The van der Waals surface area contributed by atoms with Crippen molar-refractivity contribution in [3.05, 3.63) is 28.3 Å². The summed E-state index contributed by atoms with van der Waals surface area (Å²) in [6, 6.07) is 4.15. The van der Waals surface area contributed by atoms with Gasteiger partial charge >= 0.3 is 0 Å². The number of nitro benzene ring substituents is 1. The maximum Gasteiger partial charge on any atom is 0.273 e. The molecule has 0 atom stereocenters. The van der Waals surface area contributed by atoms with Crippen molar-refractivity contribution in [3.63, 3.8) is 0 Å². The molecule has 0 unspecified atom stereocenters. The van der Waals surface area contributed by atoms with Gasteiger partial charge in [-0.1, -0.05) is 12.8 Å². The van der Waals surface area contributed by atoms with Crippen LogP contribution in [0.4, 0.5) is 11.4 Å². The Bertz CT molecular complexity index is 530. The first-order valence-corrected chi connectivity index (χ1v) is 7.89. The number of non-ortho nitro benzene ring substituents is 1. The minimum atomic E-state index is -0.496. The van der Waals surface area contributed by atoms with Crippen molar-refractivity contribution in [2.75, 3.05) is 18.2 Å². The number of nitro groups is 1. The molecule has 0 spiro atoms. The fourth-order valence-corrected chi connectivity index (χ4v) is 3.46. The number of hydrogen-bond acceptors (Lipinski definition) is 5. The average Bonchev–Trinajstić information content (AvgIpc) is 2.98. The highest BCUT2D eigenvalue weighted by molar-refractivity contribution is 8.00. The van der Waals surface area contributed by atoms with Crippen LogP contribution in [0.5, 0.6) is 5.75 Å². The molecule has 0 radical (unpaired) electrons. The standard InChI is InChI=1S/C14H18N2O4S/c1-20-13-8-10(16(18)19)6-7-12(13)15-14(17)9-21-11-4-2-3-5-11/h6-8,11H,2-5,9H2,1H3,(H,15,17). The van der Waals surface area contributed by atoms with Gasteiger partial charge < -0.3 is 10.1 Å². The Morgan fingerprint density at radius 2 is 2.19 bits per heavy atom. The van der Waals surface area contributed by atoms with E-state index in [0.717, 1.165) is 0 Å². The maximum atomic E-state index is 11.9. The maximum absolute atomic E-state index is 11.9. The number of ether oxygens (including phenoxy) is 1. The first kappa shape index (κ1) is 15.6. The smallest absolute Gasteiger partial charge is 0.273 e. The van der Waals surface area contributed by atoms with Gasteiger partial charge in [0.1, 0.15) is 5.75 Å². The lowest BCUT2D eigenvalue weighted by atomic mass is 10.2. The van der Waals surface area contributed by atoms with E-state index in [2.05, 4.69) is 5.32 Å². The highest BCUT2D eigenvalue weighted by Gasteiger charge is 2.18. The van der Waals surface area contributed by atoms with Gasteiger partial charge in [-0.05, 0) is 18.9 Å². The summed E-state index contributed by atoms with van der Waals surface area (Å²) in [5.41, 5.74) is 0.394. The SMILES string of the molecule is COc1cc([N+](=O)[O-])ccc1NC(=O)CSC1CCCC1. The van der Waals surface area contributed by atoms with E-state index in [1.165, 1.54) is 51.0 Å². The molecule has 1 amide bonds. The lowest BCUT2D eigenvalue weighted by Crippen LogP contribution is -2.16. The molecule has 1 aromatic rings. The van der Waals surface area contributed by atoms with E-state index >= 15 is 0 Å². The monoisotopic (exact) mass is 310 g/mol. The number of nitrogens with zero attached hydrogens (tertiary/aromatic N) is 1. The van der Waals surface area contributed by atoms with E-state index < -0.39 is 4.92 Å². The lowest BCUT2D eigenvalue weighted by molar-refractivity contribution is -0.384. The van der Waals surface area contributed by atoms with Gasteiger partial charge in [0.05, 0.1) is 29.5 Å². The molecule has 1 aliphatic carbocycles. The van der Waals surface area contributed by atoms with Crippen molar-refractivity contribution in [2.24, 2.45) is 0 Å². The summed E-state index contributed by atoms with van der Waals surface area (Å²) < 4.78 is 5.09. The van der Waals surface area contributed by atoms with Crippen molar-refractivity contribution >= 4 is 29.0 Å². The van der Waals surface area contributed by atoms with Gasteiger partial charge in [0.2, 0.25) is 5.91 Å². The minimum absolute atomic E-state index is 0.0646. The zero-order chi connectivity index (χ0) is 15.2. The van der Waals surface area contributed by atoms with Crippen LogP contribution in [0, 0.1) is 10.1 Å². The summed E-state index contributed by atoms with van der Waals surface area (Å²) in [6.07, 6.45) is 4.85. The summed E-state index contributed by atoms with van der Waals surface area (Å²) in [5, 5.41) is 14.0. The van der Waals surface area contributed by atoms with E-state index in [1.54, 1.807) is 11.8 Å². The van der Waals surface area contributed by atoms with Gasteiger partial charge in [-0.3, -0.25) is 14.9 Å². The first-order valence-electron chi connectivity index (χ1n) is 6.84. The molecule has 1 saturated carbocycles. The normalized spacial score (nSPS) is 14.9. The van der Waals surface area contributed by atoms with Crippen molar-refractivity contribution in [1.29, 1.82) is 0 Å². The molecule has 0 aromatic heterocycles. The second-order valence-electron chi connectivity index (χ2n) is 4.91. The highest BCUT2D eigenvalue weighted by Crippen LogP contribution is 2.31. The molecule has 0 heterocycles. The van der Waals surface area contributed by atoms with E-state index in [1.807, 2.05) is 0 Å². The Morgan fingerprint density at radius 1 is 1.48 bits per heavy atom. The predicted molar refractivity (Wildman–Crippen MR) is 83.0 cm³/mol. The molecule has 7 heteroatoms. The quantitative estimate of drug-likeness (QED) is 0.644. The number of anilines is 1. The molecule has 1 N–H and O–H groups in total. The molecular weight excluding hydrogens is 292 g/mol. The van der Waals surface area contributed by atoms with Gasteiger partial charge in [-0.2, -0.15) is 0 Å². The highest BCUT2D eigenvalue weighted by atomic mass is 32.2. The number of hydrogen-bond donors (Lipinski definition) is 1. The number of nitrogens with one attached hydrogen (secondary N) is 1. The van der Waals surface area contributed by atoms with Crippen LogP contribution in [0.1, 0.15) is 25.7 Å². The van der Waals surface area contributed by atoms with Crippen LogP contribution in [0.2, 0.25) is 0 Å². The van der Waals surface area contributed by atoms with Crippen LogP contribution in [-0.2, 0) is 4.79 Å². The molecule has 0 aliphatic heterocycles. The number of rotatable bonds is 6. The first-order chi connectivity index (χ1) is 10.1. The molecule has 114 valence electrons. The van der Waals surface area contributed by atoms with Crippen molar-refractivity contribution in [1.82, 2.24) is 0 Å². The van der Waals surface area contributed by atoms with Gasteiger partial charge in [0, 0.05) is 11.3 Å². The van der Waals surface area contributed by atoms with Gasteiger partial charge in [-0.15, -0.1) is 11.8 Å². The van der Waals surface area contributed by atoms with Crippen LogP contribution in [0.3, 0.4) is 0 Å². The van der Waals surface area contributed by atoms with Crippen molar-refractivity contribution < 1.29 is 14.5 Å². The molecular formula is C14H18N2O4S. The van der Waals surface area contributed by atoms with E-state index in [-0.39, 0.29) is 11.6 Å². The lowest BCUT2D eigenvalue weighted by Gasteiger charge is -2.11.